The normalized spacial score (nSPS) is 16.3. The number of benzene rings is 1. The highest BCUT2D eigenvalue weighted by Gasteiger charge is 2.43. The van der Waals surface area contributed by atoms with E-state index < -0.39 is 11.2 Å². The molecule has 0 unspecified atom stereocenters. The Morgan fingerprint density at radius 2 is 2.17 bits per heavy atom. The molecule has 1 heterocycles. The van der Waals surface area contributed by atoms with Crippen LogP contribution >= 0.6 is 0 Å². The van der Waals surface area contributed by atoms with Crippen molar-refractivity contribution in [1.29, 1.82) is 5.26 Å². The van der Waals surface area contributed by atoms with Crippen molar-refractivity contribution in [2.24, 2.45) is 5.92 Å². The Bertz CT molecular complexity index is 848. The van der Waals surface area contributed by atoms with Gasteiger partial charge < -0.3 is 14.5 Å². The number of nitrogens with zero attached hydrogens (tertiary/aromatic N) is 1. The van der Waals surface area contributed by atoms with E-state index in [1.54, 1.807) is 31.2 Å². The molecule has 1 aromatic heterocycles. The number of nitriles is 1. The summed E-state index contributed by atoms with van der Waals surface area (Å²) in [6.07, 6.45) is 1.91. The van der Waals surface area contributed by atoms with E-state index in [4.69, 9.17) is 9.15 Å². The molecule has 3 rings (SSSR count). The van der Waals surface area contributed by atoms with E-state index in [-0.39, 0.29) is 18.4 Å². The highest BCUT2D eigenvalue weighted by atomic mass is 16.5. The molecule has 0 aliphatic heterocycles. The monoisotopic (exact) mass is 312 g/mol. The summed E-state index contributed by atoms with van der Waals surface area (Å²) in [7, 11) is 0. The fourth-order valence-corrected chi connectivity index (χ4v) is 2.49. The lowest BCUT2D eigenvalue weighted by Crippen LogP contribution is -2.48. The van der Waals surface area contributed by atoms with Crippen LogP contribution in [0, 0.1) is 17.2 Å². The molecular weight excluding hydrogens is 296 g/mol. The Balaban J connectivity index is 1.65. The third-order valence-electron chi connectivity index (χ3n) is 3.99. The van der Waals surface area contributed by atoms with E-state index in [0.717, 1.165) is 18.2 Å². The largest absolute Gasteiger partial charge is 0.484 e. The Labute approximate surface area is 132 Å². The molecule has 23 heavy (non-hydrogen) atoms. The van der Waals surface area contributed by atoms with E-state index in [1.165, 1.54) is 6.07 Å². The van der Waals surface area contributed by atoms with Crippen LogP contribution in [-0.2, 0) is 4.79 Å². The molecule has 1 N–H and O–H groups in total. The lowest BCUT2D eigenvalue weighted by Gasteiger charge is -2.22. The standard InChI is InChI=1S/C17H16N2O4/c1-17(10-18,12-4-5-12)19-15(20)9-22-13-6-2-11-3-7-16(21)23-14(11)8-13/h2-3,6-8,12H,4-5,9H2,1H3,(H,19,20)/t17-/m0/s1. The van der Waals surface area contributed by atoms with Gasteiger partial charge in [-0.15, -0.1) is 0 Å². The first-order valence-corrected chi connectivity index (χ1v) is 7.39. The zero-order chi connectivity index (χ0) is 16.4. The van der Waals surface area contributed by atoms with Gasteiger partial charge in [0.2, 0.25) is 0 Å². The van der Waals surface area contributed by atoms with Crippen molar-refractivity contribution in [3.05, 3.63) is 40.8 Å². The van der Waals surface area contributed by atoms with Crippen molar-refractivity contribution in [2.45, 2.75) is 25.3 Å². The second-order valence-corrected chi connectivity index (χ2v) is 5.88. The van der Waals surface area contributed by atoms with E-state index in [2.05, 4.69) is 11.4 Å². The summed E-state index contributed by atoms with van der Waals surface area (Å²) in [5.41, 5.74) is -0.881. The van der Waals surface area contributed by atoms with Crippen LogP contribution in [-0.4, -0.2) is 18.1 Å². The summed E-state index contributed by atoms with van der Waals surface area (Å²) in [5.74, 6) is 0.286. The summed E-state index contributed by atoms with van der Waals surface area (Å²) >= 11 is 0. The molecular formula is C17H16N2O4. The van der Waals surface area contributed by atoms with Gasteiger partial charge in [-0.05, 0) is 43.9 Å². The Kier molecular flexibility index (Phi) is 3.78. The van der Waals surface area contributed by atoms with Crippen LogP contribution in [0.1, 0.15) is 19.8 Å². The van der Waals surface area contributed by atoms with Crippen molar-refractivity contribution in [3.63, 3.8) is 0 Å². The van der Waals surface area contributed by atoms with E-state index in [0.29, 0.717) is 11.3 Å². The topological polar surface area (TPSA) is 92.3 Å². The van der Waals surface area contributed by atoms with Gasteiger partial charge in [0, 0.05) is 17.5 Å². The minimum atomic E-state index is -0.837. The van der Waals surface area contributed by atoms with Crippen LogP contribution in [0.25, 0.3) is 11.0 Å². The quantitative estimate of drug-likeness (QED) is 0.852. The first-order valence-electron chi connectivity index (χ1n) is 7.39. The molecule has 1 aromatic carbocycles. The van der Waals surface area contributed by atoms with Gasteiger partial charge in [0.25, 0.3) is 5.91 Å². The van der Waals surface area contributed by atoms with Gasteiger partial charge in [0.05, 0.1) is 6.07 Å². The molecule has 118 valence electrons. The third kappa shape index (κ3) is 3.34. The fourth-order valence-electron chi connectivity index (χ4n) is 2.49. The molecule has 1 aliphatic rings. The Hall–Kier alpha value is -2.81. The molecule has 6 heteroatoms. The molecule has 0 spiro atoms. The molecule has 2 aromatic rings. The fraction of sp³-hybridized carbons (Fsp3) is 0.353. The SMILES string of the molecule is C[C@@](C#N)(NC(=O)COc1ccc2ccc(=O)oc2c1)C1CC1. The minimum absolute atomic E-state index is 0.202. The predicted octanol–water partition coefficient (Wildman–Crippen LogP) is 1.98. The zero-order valence-corrected chi connectivity index (χ0v) is 12.7. The zero-order valence-electron chi connectivity index (χ0n) is 12.7. The van der Waals surface area contributed by atoms with Crippen molar-refractivity contribution < 1.29 is 13.9 Å². The molecule has 1 atom stereocenters. The van der Waals surface area contributed by atoms with Crippen molar-refractivity contribution in [2.75, 3.05) is 6.61 Å². The van der Waals surface area contributed by atoms with Crippen LogP contribution in [0.5, 0.6) is 5.75 Å². The number of hydrogen-bond donors (Lipinski definition) is 1. The summed E-state index contributed by atoms with van der Waals surface area (Å²) in [6.45, 7) is 1.53. The second-order valence-electron chi connectivity index (χ2n) is 5.88. The van der Waals surface area contributed by atoms with Gasteiger partial charge in [-0.2, -0.15) is 5.26 Å². The molecule has 6 nitrogen and oxygen atoms in total. The summed E-state index contributed by atoms with van der Waals surface area (Å²) in [5, 5.41) is 12.7. The molecule has 1 amide bonds. The number of carbonyl (C=O) groups excluding carboxylic acids is 1. The maximum atomic E-state index is 12.0. The number of ether oxygens (including phenoxy) is 1. The minimum Gasteiger partial charge on any atom is -0.484 e. The predicted molar refractivity (Wildman–Crippen MR) is 82.9 cm³/mol. The molecule has 0 radical (unpaired) electrons. The first kappa shape index (κ1) is 15.1. The maximum absolute atomic E-state index is 12.0. The third-order valence-corrected chi connectivity index (χ3v) is 3.99. The van der Waals surface area contributed by atoms with E-state index in [1.807, 2.05) is 0 Å². The molecule has 0 saturated heterocycles. The van der Waals surface area contributed by atoms with Gasteiger partial charge in [-0.25, -0.2) is 4.79 Å². The van der Waals surface area contributed by atoms with Crippen LogP contribution in [0.15, 0.2) is 39.5 Å². The van der Waals surface area contributed by atoms with Crippen LogP contribution < -0.4 is 15.7 Å². The summed E-state index contributed by atoms with van der Waals surface area (Å²) in [4.78, 5) is 23.2. The molecule has 0 bridgehead atoms. The number of rotatable bonds is 5. The number of fused-ring (bicyclic) bond motifs is 1. The Morgan fingerprint density at radius 1 is 1.43 bits per heavy atom. The molecule has 1 aliphatic carbocycles. The van der Waals surface area contributed by atoms with Gasteiger partial charge in [0.15, 0.2) is 6.61 Å². The first-order chi connectivity index (χ1) is 11.0. The van der Waals surface area contributed by atoms with Crippen molar-refractivity contribution >= 4 is 16.9 Å². The smallest absolute Gasteiger partial charge is 0.336 e. The average molecular weight is 312 g/mol. The highest BCUT2D eigenvalue weighted by molar-refractivity contribution is 5.80. The van der Waals surface area contributed by atoms with Crippen LogP contribution in [0.2, 0.25) is 0 Å². The van der Waals surface area contributed by atoms with Crippen molar-refractivity contribution in [3.8, 4) is 11.8 Å². The van der Waals surface area contributed by atoms with Gasteiger partial charge in [-0.1, -0.05) is 0 Å². The molecule has 1 saturated carbocycles. The number of hydrogen-bond acceptors (Lipinski definition) is 5. The lowest BCUT2D eigenvalue weighted by molar-refractivity contribution is -0.124. The van der Waals surface area contributed by atoms with Crippen LogP contribution in [0.3, 0.4) is 0 Å². The highest BCUT2D eigenvalue weighted by Crippen LogP contribution is 2.39. The molecule has 1 fully saturated rings. The van der Waals surface area contributed by atoms with Gasteiger partial charge in [-0.3, -0.25) is 4.79 Å². The average Bonchev–Trinajstić information content (AvgIpc) is 3.37. The number of nitrogens with one attached hydrogen (secondary N) is 1. The van der Waals surface area contributed by atoms with E-state index in [9.17, 15) is 14.9 Å². The van der Waals surface area contributed by atoms with Gasteiger partial charge in [0.1, 0.15) is 16.9 Å². The number of amides is 1. The van der Waals surface area contributed by atoms with E-state index >= 15 is 0 Å². The van der Waals surface area contributed by atoms with Crippen LogP contribution in [0.4, 0.5) is 0 Å². The lowest BCUT2D eigenvalue weighted by atomic mass is 9.98. The number of carbonyl (C=O) groups is 1. The van der Waals surface area contributed by atoms with Crippen molar-refractivity contribution in [1.82, 2.24) is 5.32 Å². The second kappa shape index (κ2) is 5.76. The maximum Gasteiger partial charge on any atom is 0.336 e. The Morgan fingerprint density at radius 3 is 2.87 bits per heavy atom. The summed E-state index contributed by atoms with van der Waals surface area (Å²) < 4.78 is 10.5. The van der Waals surface area contributed by atoms with Gasteiger partial charge >= 0.3 is 5.63 Å². The summed E-state index contributed by atoms with van der Waals surface area (Å²) in [6, 6.07) is 10.2.